The van der Waals surface area contributed by atoms with Crippen molar-refractivity contribution in [2.75, 3.05) is 13.1 Å². The first-order valence-corrected chi connectivity index (χ1v) is 7.54. The zero-order chi connectivity index (χ0) is 15.6. The van der Waals surface area contributed by atoms with Gasteiger partial charge < -0.3 is 4.90 Å². The van der Waals surface area contributed by atoms with Crippen LogP contribution in [0.5, 0.6) is 0 Å². The number of rotatable bonds is 1. The Kier molecular flexibility index (Phi) is 4.64. The molecule has 1 atom stereocenters. The van der Waals surface area contributed by atoms with Crippen LogP contribution in [0.4, 0.5) is 8.78 Å². The summed E-state index contributed by atoms with van der Waals surface area (Å²) < 4.78 is 27.0. The van der Waals surface area contributed by atoms with E-state index in [1.54, 1.807) is 4.90 Å². The van der Waals surface area contributed by atoms with E-state index in [-0.39, 0.29) is 11.0 Å². The molecule has 0 saturated carbocycles. The third-order valence-electron chi connectivity index (χ3n) is 4.42. The molecule has 21 heavy (non-hydrogen) atoms. The van der Waals surface area contributed by atoms with Crippen LogP contribution >= 0.6 is 0 Å². The molecule has 1 aromatic carbocycles. The van der Waals surface area contributed by atoms with Gasteiger partial charge in [-0.15, -0.1) is 0 Å². The zero-order valence-electron chi connectivity index (χ0n) is 13.0. The van der Waals surface area contributed by atoms with Gasteiger partial charge in [0.05, 0.1) is 5.56 Å². The van der Waals surface area contributed by atoms with E-state index in [0.29, 0.717) is 19.0 Å². The summed E-state index contributed by atoms with van der Waals surface area (Å²) in [6.07, 6.45) is 2.88. The quantitative estimate of drug-likeness (QED) is 0.758. The molecule has 0 N–H and O–H groups in total. The van der Waals surface area contributed by atoms with Gasteiger partial charge in [0.15, 0.2) is 11.6 Å². The highest BCUT2D eigenvalue weighted by Gasteiger charge is 2.29. The maximum absolute atomic E-state index is 13.8. The molecule has 1 aliphatic rings. The van der Waals surface area contributed by atoms with Gasteiger partial charge in [0.25, 0.3) is 5.91 Å². The predicted octanol–water partition coefficient (Wildman–Crippen LogP) is 4.25. The highest BCUT2D eigenvalue weighted by atomic mass is 19.2. The molecular formula is C17H23F2NO. The number of hydrogen-bond donors (Lipinski definition) is 0. The molecule has 0 bridgehead atoms. The van der Waals surface area contributed by atoms with Gasteiger partial charge in [0.1, 0.15) is 0 Å². The number of carbonyl (C=O) groups is 1. The second kappa shape index (κ2) is 6.12. The fraction of sp³-hybridized carbons (Fsp3) is 0.588. The highest BCUT2D eigenvalue weighted by molar-refractivity contribution is 5.94. The summed E-state index contributed by atoms with van der Waals surface area (Å²) in [7, 11) is 0. The molecule has 2 rings (SSSR count). The normalized spacial score (nSPS) is 20.2. The van der Waals surface area contributed by atoms with Crippen LogP contribution in [0.15, 0.2) is 18.2 Å². The van der Waals surface area contributed by atoms with E-state index in [2.05, 4.69) is 20.8 Å². The SMILES string of the molecule is CC(C)(C)C1CCCN(C(=O)c2cccc(F)c2F)CC1. The van der Waals surface area contributed by atoms with Crippen LogP contribution in [0.3, 0.4) is 0 Å². The molecule has 4 heteroatoms. The molecule has 2 nitrogen and oxygen atoms in total. The number of carbonyl (C=O) groups excluding carboxylic acids is 1. The molecule has 1 saturated heterocycles. The fourth-order valence-corrected chi connectivity index (χ4v) is 3.00. The van der Waals surface area contributed by atoms with Crippen molar-refractivity contribution >= 4 is 5.91 Å². The summed E-state index contributed by atoms with van der Waals surface area (Å²) in [5.74, 6) is -1.86. The average Bonchev–Trinajstić information content (AvgIpc) is 2.66. The summed E-state index contributed by atoms with van der Waals surface area (Å²) >= 11 is 0. The smallest absolute Gasteiger partial charge is 0.256 e. The van der Waals surface area contributed by atoms with Crippen LogP contribution in [0.1, 0.15) is 50.4 Å². The van der Waals surface area contributed by atoms with Crippen molar-refractivity contribution < 1.29 is 13.6 Å². The number of benzene rings is 1. The van der Waals surface area contributed by atoms with Crippen LogP contribution in [-0.2, 0) is 0 Å². The van der Waals surface area contributed by atoms with E-state index in [1.807, 2.05) is 0 Å². The lowest BCUT2D eigenvalue weighted by Gasteiger charge is -2.29. The maximum Gasteiger partial charge on any atom is 0.256 e. The van der Waals surface area contributed by atoms with Crippen LogP contribution in [0, 0.1) is 23.0 Å². The van der Waals surface area contributed by atoms with Gasteiger partial charge in [-0.1, -0.05) is 26.8 Å². The number of hydrogen-bond acceptors (Lipinski definition) is 1. The van der Waals surface area contributed by atoms with E-state index in [9.17, 15) is 13.6 Å². The average molecular weight is 295 g/mol. The maximum atomic E-state index is 13.8. The van der Waals surface area contributed by atoms with Gasteiger partial charge in [0.2, 0.25) is 0 Å². The second-order valence-electron chi connectivity index (χ2n) is 6.89. The van der Waals surface area contributed by atoms with Crippen molar-refractivity contribution in [1.29, 1.82) is 0 Å². The molecule has 0 radical (unpaired) electrons. The number of amides is 1. The molecule has 1 fully saturated rings. The minimum Gasteiger partial charge on any atom is -0.339 e. The van der Waals surface area contributed by atoms with E-state index in [1.165, 1.54) is 12.1 Å². The summed E-state index contributed by atoms with van der Waals surface area (Å²) in [6, 6.07) is 3.76. The monoisotopic (exact) mass is 295 g/mol. The third kappa shape index (κ3) is 3.60. The molecule has 1 aliphatic heterocycles. The lowest BCUT2D eigenvalue weighted by molar-refractivity contribution is 0.0750. The lowest BCUT2D eigenvalue weighted by atomic mass is 9.77. The Labute approximate surface area is 125 Å². The van der Waals surface area contributed by atoms with Crippen molar-refractivity contribution in [3.8, 4) is 0 Å². The van der Waals surface area contributed by atoms with E-state index < -0.39 is 17.5 Å². The number of nitrogens with zero attached hydrogens (tertiary/aromatic N) is 1. The van der Waals surface area contributed by atoms with Crippen molar-refractivity contribution in [3.63, 3.8) is 0 Å². The Bertz CT molecular complexity index is 522. The van der Waals surface area contributed by atoms with Crippen LogP contribution in [0.25, 0.3) is 0 Å². The topological polar surface area (TPSA) is 20.3 Å². The van der Waals surface area contributed by atoms with Gasteiger partial charge in [0, 0.05) is 13.1 Å². The first-order chi connectivity index (χ1) is 9.80. The van der Waals surface area contributed by atoms with Gasteiger partial charge in [-0.3, -0.25) is 4.79 Å². The molecule has 1 heterocycles. The molecule has 0 aliphatic carbocycles. The van der Waals surface area contributed by atoms with Gasteiger partial charge >= 0.3 is 0 Å². The fourth-order valence-electron chi connectivity index (χ4n) is 3.00. The number of likely N-dealkylation sites (tertiary alicyclic amines) is 1. The van der Waals surface area contributed by atoms with Gasteiger partial charge in [-0.05, 0) is 42.7 Å². The molecule has 1 unspecified atom stereocenters. The van der Waals surface area contributed by atoms with Crippen LogP contribution < -0.4 is 0 Å². The Morgan fingerprint density at radius 1 is 1.19 bits per heavy atom. The van der Waals surface area contributed by atoms with Crippen molar-refractivity contribution in [2.24, 2.45) is 11.3 Å². The lowest BCUT2D eigenvalue weighted by Crippen LogP contribution is -2.33. The molecule has 116 valence electrons. The Morgan fingerprint density at radius 3 is 2.57 bits per heavy atom. The van der Waals surface area contributed by atoms with E-state index >= 15 is 0 Å². The van der Waals surface area contributed by atoms with Crippen LogP contribution in [0.2, 0.25) is 0 Å². The summed E-state index contributed by atoms with van der Waals surface area (Å²) in [4.78, 5) is 14.1. The summed E-state index contributed by atoms with van der Waals surface area (Å²) in [6.45, 7) is 7.85. The number of halogens is 2. The van der Waals surface area contributed by atoms with E-state index in [0.717, 1.165) is 25.3 Å². The van der Waals surface area contributed by atoms with E-state index in [4.69, 9.17) is 0 Å². The Balaban J connectivity index is 2.12. The summed E-state index contributed by atoms with van der Waals surface area (Å²) in [5.41, 5.74) is 0.0487. The minimum absolute atomic E-state index is 0.163. The Hall–Kier alpha value is -1.45. The predicted molar refractivity (Wildman–Crippen MR) is 79.1 cm³/mol. The van der Waals surface area contributed by atoms with Gasteiger partial charge in [-0.25, -0.2) is 8.78 Å². The molecule has 1 aromatic rings. The standard InChI is InChI=1S/C17H23F2NO/c1-17(2,3)12-6-5-10-20(11-9-12)16(21)13-7-4-8-14(18)15(13)19/h4,7-8,12H,5-6,9-11H2,1-3H3. The third-order valence-corrected chi connectivity index (χ3v) is 4.42. The van der Waals surface area contributed by atoms with Crippen molar-refractivity contribution in [3.05, 3.63) is 35.4 Å². The molecule has 0 spiro atoms. The molecule has 1 amide bonds. The van der Waals surface area contributed by atoms with Crippen LogP contribution in [-0.4, -0.2) is 23.9 Å². The Morgan fingerprint density at radius 2 is 1.90 bits per heavy atom. The first-order valence-electron chi connectivity index (χ1n) is 7.54. The largest absolute Gasteiger partial charge is 0.339 e. The second-order valence-corrected chi connectivity index (χ2v) is 6.89. The van der Waals surface area contributed by atoms with Crippen molar-refractivity contribution in [2.45, 2.75) is 40.0 Å². The summed E-state index contributed by atoms with van der Waals surface area (Å²) in [5, 5.41) is 0. The molecule has 0 aromatic heterocycles. The first kappa shape index (κ1) is 15.9. The van der Waals surface area contributed by atoms with Crippen molar-refractivity contribution in [1.82, 2.24) is 4.90 Å². The van der Waals surface area contributed by atoms with Gasteiger partial charge in [-0.2, -0.15) is 0 Å². The molecular weight excluding hydrogens is 272 g/mol. The highest BCUT2D eigenvalue weighted by Crippen LogP contribution is 2.34. The minimum atomic E-state index is -1.04. The zero-order valence-corrected chi connectivity index (χ0v) is 13.0.